The number of hydrogen-bond donors (Lipinski definition) is 2. The van der Waals surface area contributed by atoms with Crippen molar-refractivity contribution in [1.29, 1.82) is 0 Å². The van der Waals surface area contributed by atoms with Gasteiger partial charge in [0.15, 0.2) is 0 Å². The fraction of sp³-hybridized carbons (Fsp3) is 0.357. The number of nitrogens with zero attached hydrogens (tertiary/aromatic N) is 1. The van der Waals surface area contributed by atoms with Gasteiger partial charge < -0.3 is 4.98 Å². The third kappa shape index (κ3) is 3.68. The monoisotopic (exact) mass is 293 g/mol. The van der Waals surface area contributed by atoms with Gasteiger partial charge in [0.2, 0.25) is 10.0 Å². The Labute approximate surface area is 119 Å². The number of benzene rings is 1. The average Bonchev–Trinajstić information content (AvgIpc) is 2.92. The SMILES string of the molecule is CC(C)c1ccc(S(=O)(=O)NCCc2ncc[nH]2)cc1. The fourth-order valence-corrected chi connectivity index (χ4v) is 2.89. The van der Waals surface area contributed by atoms with Crippen LogP contribution in [0, 0.1) is 0 Å². The minimum atomic E-state index is -3.45. The third-order valence-electron chi connectivity index (χ3n) is 3.07. The Morgan fingerprint density at radius 1 is 1.25 bits per heavy atom. The van der Waals surface area contributed by atoms with Crippen molar-refractivity contribution in [2.24, 2.45) is 0 Å². The Morgan fingerprint density at radius 2 is 1.95 bits per heavy atom. The van der Waals surface area contributed by atoms with E-state index in [2.05, 4.69) is 28.5 Å². The van der Waals surface area contributed by atoms with Crippen molar-refractivity contribution < 1.29 is 8.42 Å². The van der Waals surface area contributed by atoms with Crippen LogP contribution in [-0.2, 0) is 16.4 Å². The summed E-state index contributed by atoms with van der Waals surface area (Å²) < 4.78 is 26.8. The highest BCUT2D eigenvalue weighted by Gasteiger charge is 2.13. The first-order valence-corrected chi connectivity index (χ1v) is 8.05. The lowest BCUT2D eigenvalue weighted by molar-refractivity contribution is 0.581. The number of aromatic nitrogens is 2. The van der Waals surface area contributed by atoms with Gasteiger partial charge in [0.1, 0.15) is 5.82 Å². The molecule has 0 saturated carbocycles. The van der Waals surface area contributed by atoms with E-state index in [1.54, 1.807) is 24.5 Å². The maximum atomic E-state index is 12.1. The minimum absolute atomic E-state index is 0.293. The number of aromatic amines is 1. The molecule has 0 aliphatic carbocycles. The topological polar surface area (TPSA) is 74.8 Å². The first kappa shape index (κ1) is 14.7. The Hall–Kier alpha value is -1.66. The number of nitrogens with one attached hydrogen (secondary N) is 2. The highest BCUT2D eigenvalue weighted by Crippen LogP contribution is 2.17. The first-order valence-electron chi connectivity index (χ1n) is 6.57. The van der Waals surface area contributed by atoms with E-state index in [4.69, 9.17) is 0 Å². The van der Waals surface area contributed by atoms with Crippen LogP contribution in [0.15, 0.2) is 41.6 Å². The molecular weight excluding hydrogens is 274 g/mol. The summed E-state index contributed by atoms with van der Waals surface area (Å²) in [5, 5.41) is 0. The molecule has 0 radical (unpaired) electrons. The number of H-pyrrole nitrogens is 1. The molecule has 0 unspecified atom stereocenters. The van der Waals surface area contributed by atoms with Crippen LogP contribution in [0.5, 0.6) is 0 Å². The molecule has 0 aliphatic rings. The molecule has 20 heavy (non-hydrogen) atoms. The van der Waals surface area contributed by atoms with Gasteiger partial charge >= 0.3 is 0 Å². The molecule has 1 aromatic carbocycles. The molecule has 2 N–H and O–H groups in total. The van der Waals surface area contributed by atoms with Gasteiger partial charge in [-0.2, -0.15) is 0 Å². The third-order valence-corrected chi connectivity index (χ3v) is 4.54. The Morgan fingerprint density at radius 3 is 2.50 bits per heavy atom. The summed E-state index contributed by atoms with van der Waals surface area (Å²) in [5.41, 5.74) is 1.12. The van der Waals surface area contributed by atoms with E-state index in [-0.39, 0.29) is 0 Å². The fourth-order valence-electron chi connectivity index (χ4n) is 1.85. The standard InChI is InChI=1S/C14H19N3O2S/c1-11(2)12-3-5-13(6-4-12)20(18,19)17-8-7-14-15-9-10-16-14/h3-6,9-11,17H,7-8H2,1-2H3,(H,15,16). The Bertz CT molecular complexity index is 632. The van der Waals surface area contributed by atoms with Crippen molar-refractivity contribution in [3.05, 3.63) is 48.0 Å². The second-order valence-electron chi connectivity index (χ2n) is 4.91. The summed E-state index contributed by atoms with van der Waals surface area (Å²) >= 11 is 0. The molecule has 0 saturated heterocycles. The van der Waals surface area contributed by atoms with Crippen LogP contribution < -0.4 is 4.72 Å². The van der Waals surface area contributed by atoms with Gasteiger partial charge in [0.05, 0.1) is 4.90 Å². The molecule has 1 heterocycles. The number of hydrogen-bond acceptors (Lipinski definition) is 3. The van der Waals surface area contributed by atoms with Crippen LogP contribution in [0.2, 0.25) is 0 Å². The number of rotatable bonds is 6. The Balaban J connectivity index is 1.99. The Kier molecular flexibility index (Phi) is 4.57. The zero-order valence-electron chi connectivity index (χ0n) is 11.6. The summed E-state index contributed by atoms with van der Waals surface area (Å²) in [5.74, 6) is 1.15. The zero-order valence-corrected chi connectivity index (χ0v) is 12.4. The first-order chi connectivity index (χ1) is 9.49. The minimum Gasteiger partial charge on any atom is -0.349 e. The molecule has 0 bridgehead atoms. The van der Waals surface area contributed by atoms with Crippen molar-refractivity contribution in [1.82, 2.24) is 14.7 Å². The zero-order chi connectivity index (χ0) is 14.6. The maximum absolute atomic E-state index is 12.1. The quantitative estimate of drug-likeness (QED) is 0.856. The van der Waals surface area contributed by atoms with Gasteiger partial charge in [-0.1, -0.05) is 26.0 Å². The lowest BCUT2D eigenvalue weighted by atomic mass is 10.0. The second-order valence-corrected chi connectivity index (χ2v) is 6.67. The molecule has 0 atom stereocenters. The molecule has 0 aliphatic heterocycles. The molecule has 6 heteroatoms. The molecule has 2 aromatic rings. The van der Waals surface area contributed by atoms with E-state index in [0.29, 0.717) is 23.8 Å². The summed E-state index contributed by atoms with van der Waals surface area (Å²) in [6.45, 7) is 4.47. The van der Waals surface area contributed by atoms with Crippen molar-refractivity contribution in [3.63, 3.8) is 0 Å². The highest BCUT2D eigenvalue weighted by molar-refractivity contribution is 7.89. The van der Waals surface area contributed by atoms with E-state index >= 15 is 0 Å². The lowest BCUT2D eigenvalue weighted by Gasteiger charge is -2.08. The van der Waals surface area contributed by atoms with Crippen LogP contribution >= 0.6 is 0 Å². The predicted molar refractivity (Wildman–Crippen MR) is 78.0 cm³/mol. The lowest BCUT2D eigenvalue weighted by Crippen LogP contribution is -2.26. The summed E-state index contributed by atoms with van der Waals surface area (Å²) in [4.78, 5) is 7.28. The smallest absolute Gasteiger partial charge is 0.240 e. The molecule has 0 fully saturated rings. The van der Waals surface area contributed by atoms with Crippen molar-refractivity contribution in [2.75, 3.05) is 6.54 Å². The molecule has 1 aromatic heterocycles. The van der Waals surface area contributed by atoms with Gasteiger partial charge in [-0.15, -0.1) is 0 Å². The number of sulfonamides is 1. The van der Waals surface area contributed by atoms with Gasteiger partial charge in [-0.05, 0) is 23.6 Å². The summed E-state index contributed by atoms with van der Waals surface area (Å²) in [6, 6.07) is 6.99. The van der Waals surface area contributed by atoms with Crippen LogP contribution in [0.3, 0.4) is 0 Å². The predicted octanol–water partition coefficient (Wildman–Crippen LogP) is 2.05. The van der Waals surface area contributed by atoms with E-state index in [9.17, 15) is 8.42 Å². The average molecular weight is 293 g/mol. The van der Waals surface area contributed by atoms with E-state index in [1.165, 1.54) is 0 Å². The molecule has 108 valence electrons. The number of imidazole rings is 1. The highest BCUT2D eigenvalue weighted by atomic mass is 32.2. The van der Waals surface area contributed by atoms with Crippen molar-refractivity contribution in [2.45, 2.75) is 31.1 Å². The molecule has 0 spiro atoms. The van der Waals surface area contributed by atoms with Crippen molar-refractivity contribution >= 4 is 10.0 Å². The van der Waals surface area contributed by atoms with Crippen molar-refractivity contribution in [3.8, 4) is 0 Å². The van der Waals surface area contributed by atoms with Crippen LogP contribution in [0.4, 0.5) is 0 Å². The van der Waals surface area contributed by atoms with E-state index in [0.717, 1.165) is 11.4 Å². The van der Waals surface area contributed by atoms with E-state index < -0.39 is 10.0 Å². The second kappa shape index (κ2) is 6.19. The summed E-state index contributed by atoms with van der Waals surface area (Å²) in [7, 11) is -3.45. The van der Waals surface area contributed by atoms with Gasteiger partial charge in [0.25, 0.3) is 0 Å². The molecule has 0 amide bonds. The van der Waals surface area contributed by atoms with Crippen LogP contribution in [-0.4, -0.2) is 24.9 Å². The molecule has 2 rings (SSSR count). The van der Waals surface area contributed by atoms with Gasteiger partial charge in [-0.25, -0.2) is 18.1 Å². The molecular formula is C14H19N3O2S. The maximum Gasteiger partial charge on any atom is 0.240 e. The molecule has 5 nitrogen and oxygen atoms in total. The normalized spacial score (nSPS) is 11.9. The largest absolute Gasteiger partial charge is 0.349 e. The van der Waals surface area contributed by atoms with Gasteiger partial charge in [-0.3, -0.25) is 0 Å². The van der Waals surface area contributed by atoms with Crippen LogP contribution in [0.25, 0.3) is 0 Å². The summed E-state index contributed by atoms with van der Waals surface area (Å²) in [6.07, 6.45) is 3.90. The van der Waals surface area contributed by atoms with E-state index in [1.807, 2.05) is 12.1 Å². The van der Waals surface area contributed by atoms with Gasteiger partial charge in [0, 0.05) is 25.4 Å². The van der Waals surface area contributed by atoms with Crippen LogP contribution in [0.1, 0.15) is 31.2 Å².